The van der Waals surface area contributed by atoms with E-state index in [1.165, 1.54) is 0 Å². The zero-order chi connectivity index (χ0) is 19.8. The molecular formula is C18H19N3O4S2. The molecule has 27 heavy (non-hydrogen) atoms. The number of amides is 1. The van der Waals surface area contributed by atoms with Crippen molar-refractivity contribution >= 4 is 48.9 Å². The summed E-state index contributed by atoms with van der Waals surface area (Å²) in [4.78, 5) is 24.4. The standard InChI is InChI=1S/C18H19N3O4S2/c1-4-21-15-8-6-13(10-16(15)26-18(21)23)19-17(22)12-5-7-14(11(2)9-12)20-27(3,24)25/h5-10,20H,4H2,1-3H3,(H,19,22). The number of aromatic nitrogens is 1. The zero-order valence-electron chi connectivity index (χ0n) is 15.1. The number of benzene rings is 2. The van der Waals surface area contributed by atoms with Crippen LogP contribution in [-0.4, -0.2) is 25.1 Å². The predicted molar refractivity (Wildman–Crippen MR) is 109 cm³/mol. The van der Waals surface area contributed by atoms with Crippen molar-refractivity contribution in [2.24, 2.45) is 0 Å². The third-order valence-electron chi connectivity index (χ3n) is 4.03. The summed E-state index contributed by atoms with van der Waals surface area (Å²) in [6.45, 7) is 4.23. The van der Waals surface area contributed by atoms with Crippen molar-refractivity contribution in [1.29, 1.82) is 0 Å². The summed E-state index contributed by atoms with van der Waals surface area (Å²) in [5.74, 6) is -0.314. The minimum absolute atomic E-state index is 0.0273. The van der Waals surface area contributed by atoms with Gasteiger partial charge in [0.25, 0.3) is 5.91 Å². The third kappa shape index (κ3) is 4.20. The lowest BCUT2D eigenvalue weighted by Crippen LogP contribution is -2.14. The molecule has 0 aliphatic heterocycles. The van der Waals surface area contributed by atoms with Gasteiger partial charge in [-0.3, -0.25) is 18.9 Å². The highest BCUT2D eigenvalue weighted by Gasteiger charge is 2.12. The molecule has 2 N–H and O–H groups in total. The Labute approximate surface area is 160 Å². The van der Waals surface area contributed by atoms with Crippen molar-refractivity contribution in [3.8, 4) is 0 Å². The second-order valence-corrected chi connectivity index (χ2v) is 8.89. The lowest BCUT2D eigenvalue weighted by molar-refractivity contribution is 0.102. The Bertz CT molecular complexity index is 1190. The molecule has 1 heterocycles. The number of hydrogen-bond donors (Lipinski definition) is 2. The van der Waals surface area contributed by atoms with Crippen molar-refractivity contribution in [3.63, 3.8) is 0 Å². The monoisotopic (exact) mass is 405 g/mol. The third-order valence-corrected chi connectivity index (χ3v) is 5.56. The maximum absolute atomic E-state index is 12.5. The first kappa shape index (κ1) is 19.1. The molecule has 0 aliphatic rings. The Morgan fingerprint density at radius 3 is 2.56 bits per heavy atom. The minimum atomic E-state index is -3.38. The highest BCUT2D eigenvalue weighted by molar-refractivity contribution is 7.92. The highest BCUT2D eigenvalue weighted by Crippen LogP contribution is 2.23. The van der Waals surface area contributed by atoms with E-state index < -0.39 is 10.0 Å². The number of nitrogens with zero attached hydrogens (tertiary/aromatic N) is 1. The molecule has 3 rings (SSSR count). The number of aryl methyl sites for hydroxylation is 2. The van der Waals surface area contributed by atoms with Gasteiger partial charge in [0.2, 0.25) is 10.0 Å². The smallest absolute Gasteiger partial charge is 0.308 e. The lowest BCUT2D eigenvalue weighted by atomic mass is 10.1. The normalized spacial score (nSPS) is 11.5. The van der Waals surface area contributed by atoms with Crippen LogP contribution in [0.3, 0.4) is 0 Å². The van der Waals surface area contributed by atoms with Crippen LogP contribution >= 0.6 is 11.3 Å². The number of rotatable bonds is 5. The van der Waals surface area contributed by atoms with Gasteiger partial charge in [-0.05, 0) is 55.8 Å². The number of nitrogens with one attached hydrogen (secondary N) is 2. The van der Waals surface area contributed by atoms with Gasteiger partial charge in [0.05, 0.1) is 22.2 Å². The molecule has 0 unspecified atom stereocenters. The molecule has 0 saturated heterocycles. The molecule has 1 aromatic heterocycles. The summed E-state index contributed by atoms with van der Waals surface area (Å²) < 4.78 is 27.6. The van der Waals surface area contributed by atoms with Crippen LogP contribution < -0.4 is 14.9 Å². The zero-order valence-corrected chi connectivity index (χ0v) is 16.7. The molecule has 3 aromatic rings. The van der Waals surface area contributed by atoms with Crippen LogP contribution in [0.15, 0.2) is 41.2 Å². The number of fused-ring (bicyclic) bond motifs is 1. The van der Waals surface area contributed by atoms with E-state index >= 15 is 0 Å². The van der Waals surface area contributed by atoms with E-state index in [-0.39, 0.29) is 10.8 Å². The van der Waals surface area contributed by atoms with E-state index in [1.54, 1.807) is 41.8 Å². The molecular weight excluding hydrogens is 386 g/mol. The Morgan fingerprint density at radius 2 is 1.93 bits per heavy atom. The van der Waals surface area contributed by atoms with E-state index in [1.807, 2.05) is 13.0 Å². The molecule has 0 fully saturated rings. The van der Waals surface area contributed by atoms with Gasteiger partial charge in [-0.1, -0.05) is 11.3 Å². The largest absolute Gasteiger partial charge is 0.322 e. The van der Waals surface area contributed by atoms with Crippen molar-refractivity contribution in [2.75, 3.05) is 16.3 Å². The van der Waals surface area contributed by atoms with Gasteiger partial charge in [0.1, 0.15) is 0 Å². The van der Waals surface area contributed by atoms with Gasteiger partial charge in [0, 0.05) is 17.8 Å². The van der Waals surface area contributed by atoms with Crippen molar-refractivity contribution in [1.82, 2.24) is 4.57 Å². The van der Waals surface area contributed by atoms with E-state index in [0.717, 1.165) is 27.8 Å². The molecule has 0 aliphatic carbocycles. The summed E-state index contributed by atoms with van der Waals surface area (Å²) in [5.41, 5.74) is 2.92. The molecule has 2 aromatic carbocycles. The first-order valence-electron chi connectivity index (χ1n) is 8.21. The summed E-state index contributed by atoms with van der Waals surface area (Å²) in [7, 11) is -3.38. The Balaban J connectivity index is 1.84. The van der Waals surface area contributed by atoms with Crippen LogP contribution in [0.5, 0.6) is 0 Å². The van der Waals surface area contributed by atoms with Gasteiger partial charge in [0.15, 0.2) is 0 Å². The molecule has 142 valence electrons. The maximum Gasteiger partial charge on any atom is 0.308 e. The number of thiazole rings is 1. The first-order valence-corrected chi connectivity index (χ1v) is 10.9. The number of anilines is 2. The topological polar surface area (TPSA) is 97.3 Å². The van der Waals surface area contributed by atoms with Crippen molar-refractivity contribution < 1.29 is 13.2 Å². The molecule has 1 amide bonds. The fraction of sp³-hybridized carbons (Fsp3) is 0.222. The van der Waals surface area contributed by atoms with Crippen LogP contribution in [0, 0.1) is 6.92 Å². The molecule has 9 heteroatoms. The molecule has 0 spiro atoms. The molecule has 0 radical (unpaired) electrons. The SMILES string of the molecule is CCn1c(=O)sc2cc(NC(=O)c3ccc(NS(C)(=O)=O)c(C)c3)ccc21. The maximum atomic E-state index is 12.5. The highest BCUT2D eigenvalue weighted by atomic mass is 32.2. The summed E-state index contributed by atoms with van der Waals surface area (Å²) in [6, 6.07) is 10.1. The number of carbonyl (C=O) groups excluding carboxylic acids is 1. The van der Waals surface area contributed by atoms with E-state index in [2.05, 4.69) is 10.0 Å². The molecule has 0 saturated carbocycles. The first-order chi connectivity index (χ1) is 12.7. The Kier molecular flexibility index (Phi) is 5.07. The lowest BCUT2D eigenvalue weighted by Gasteiger charge is -2.10. The minimum Gasteiger partial charge on any atom is -0.322 e. The summed E-state index contributed by atoms with van der Waals surface area (Å²) >= 11 is 1.14. The quantitative estimate of drug-likeness (QED) is 0.682. The fourth-order valence-electron chi connectivity index (χ4n) is 2.77. The molecule has 0 bridgehead atoms. The van der Waals surface area contributed by atoms with Gasteiger partial charge in [-0.25, -0.2) is 8.42 Å². The second kappa shape index (κ2) is 7.16. The van der Waals surface area contributed by atoms with Gasteiger partial charge in [-0.15, -0.1) is 0 Å². The van der Waals surface area contributed by atoms with E-state index in [0.29, 0.717) is 29.0 Å². The van der Waals surface area contributed by atoms with Crippen LogP contribution in [0.1, 0.15) is 22.8 Å². The summed E-state index contributed by atoms with van der Waals surface area (Å²) in [5, 5.41) is 2.81. The number of sulfonamides is 1. The second-order valence-electron chi connectivity index (χ2n) is 6.15. The fourth-order valence-corrected chi connectivity index (χ4v) is 4.39. The van der Waals surface area contributed by atoms with Crippen LogP contribution in [-0.2, 0) is 16.6 Å². The molecule has 7 nitrogen and oxygen atoms in total. The average Bonchev–Trinajstić information content (AvgIpc) is 2.89. The predicted octanol–water partition coefficient (Wildman–Crippen LogP) is 3.02. The van der Waals surface area contributed by atoms with Gasteiger partial charge < -0.3 is 5.32 Å². The van der Waals surface area contributed by atoms with E-state index in [4.69, 9.17) is 0 Å². The number of carbonyl (C=O) groups is 1. The van der Waals surface area contributed by atoms with E-state index in [9.17, 15) is 18.0 Å². The van der Waals surface area contributed by atoms with Crippen LogP contribution in [0.4, 0.5) is 11.4 Å². The van der Waals surface area contributed by atoms with Crippen LogP contribution in [0.2, 0.25) is 0 Å². The number of hydrogen-bond acceptors (Lipinski definition) is 5. The van der Waals surface area contributed by atoms with Crippen LogP contribution in [0.25, 0.3) is 10.2 Å². The van der Waals surface area contributed by atoms with Crippen molar-refractivity contribution in [2.45, 2.75) is 20.4 Å². The Morgan fingerprint density at radius 1 is 1.19 bits per heavy atom. The van der Waals surface area contributed by atoms with Gasteiger partial charge >= 0.3 is 4.87 Å². The van der Waals surface area contributed by atoms with Crippen molar-refractivity contribution in [3.05, 3.63) is 57.2 Å². The average molecular weight is 406 g/mol. The Hall–Kier alpha value is -2.65. The molecule has 0 atom stereocenters. The summed E-state index contributed by atoms with van der Waals surface area (Å²) in [6.07, 6.45) is 1.07. The van der Waals surface area contributed by atoms with Gasteiger partial charge in [-0.2, -0.15) is 0 Å².